The minimum atomic E-state index is -0.337. The van der Waals surface area contributed by atoms with E-state index < -0.39 is 0 Å². The van der Waals surface area contributed by atoms with Crippen molar-refractivity contribution in [2.24, 2.45) is 0 Å². The standard InChI is InChI=1S/C18H20FN5O2S/c1-12-9-16(25)24-17(20-12)27-18(21-24)23-7-5-22(6-8-23)11-13-3-4-15(26-2)14(19)10-13/h3-4,9-10H,5-8,11H2,1-2H3. The maximum atomic E-state index is 13.9. The molecule has 0 radical (unpaired) electrons. The van der Waals surface area contributed by atoms with Crippen LogP contribution in [-0.2, 0) is 6.54 Å². The van der Waals surface area contributed by atoms with Gasteiger partial charge < -0.3 is 9.64 Å². The Morgan fingerprint density at radius 3 is 2.70 bits per heavy atom. The first-order valence-electron chi connectivity index (χ1n) is 8.71. The number of methoxy groups -OCH3 is 1. The molecule has 0 atom stereocenters. The van der Waals surface area contributed by atoms with E-state index in [0.717, 1.165) is 36.9 Å². The number of nitrogens with zero attached hydrogens (tertiary/aromatic N) is 5. The van der Waals surface area contributed by atoms with Gasteiger partial charge in [-0.25, -0.2) is 9.37 Å². The van der Waals surface area contributed by atoms with Crippen LogP contribution in [0.2, 0.25) is 0 Å². The highest BCUT2D eigenvalue weighted by atomic mass is 32.1. The molecule has 1 fully saturated rings. The van der Waals surface area contributed by atoms with Crippen LogP contribution in [0, 0.1) is 12.7 Å². The number of ether oxygens (including phenoxy) is 1. The third kappa shape index (κ3) is 3.65. The summed E-state index contributed by atoms with van der Waals surface area (Å²) in [5.74, 6) is -0.0742. The van der Waals surface area contributed by atoms with Crippen molar-refractivity contribution in [3.05, 3.63) is 51.7 Å². The van der Waals surface area contributed by atoms with E-state index in [-0.39, 0.29) is 17.1 Å². The first-order chi connectivity index (χ1) is 13.0. The first-order valence-corrected chi connectivity index (χ1v) is 9.52. The number of hydrogen-bond acceptors (Lipinski definition) is 7. The van der Waals surface area contributed by atoms with Crippen molar-refractivity contribution in [2.75, 3.05) is 38.2 Å². The molecule has 9 heteroatoms. The number of rotatable bonds is 4. The molecule has 0 N–H and O–H groups in total. The molecule has 1 saturated heterocycles. The molecule has 27 heavy (non-hydrogen) atoms. The van der Waals surface area contributed by atoms with E-state index in [4.69, 9.17) is 4.74 Å². The molecule has 1 aliphatic rings. The van der Waals surface area contributed by atoms with E-state index in [1.807, 2.05) is 13.0 Å². The van der Waals surface area contributed by atoms with Crippen LogP contribution >= 0.6 is 11.3 Å². The average molecular weight is 389 g/mol. The number of piperazine rings is 1. The molecule has 0 amide bonds. The highest BCUT2D eigenvalue weighted by Gasteiger charge is 2.21. The summed E-state index contributed by atoms with van der Waals surface area (Å²) in [5, 5.41) is 5.23. The van der Waals surface area contributed by atoms with Gasteiger partial charge in [0.1, 0.15) is 0 Å². The second-order valence-corrected chi connectivity index (χ2v) is 7.48. The van der Waals surface area contributed by atoms with Gasteiger partial charge in [0.05, 0.1) is 7.11 Å². The Hall–Kier alpha value is -2.52. The Morgan fingerprint density at radius 1 is 1.22 bits per heavy atom. The highest BCUT2D eigenvalue weighted by Crippen LogP contribution is 2.23. The fourth-order valence-corrected chi connectivity index (χ4v) is 4.21. The Morgan fingerprint density at radius 2 is 2.00 bits per heavy atom. The highest BCUT2D eigenvalue weighted by molar-refractivity contribution is 7.20. The van der Waals surface area contributed by atoms with E-state index in [2.05, 4.69) is 19.9 Å². The Balaban J connectivity index is 1.42. The monoisotopic (exact) mass is 389 g/mol. The molecule has 2 aromatic heterocycles. The Labute approximate surface area is 159 Å². The molecular formula is C18H20FN5O2S. The van der Waals surface area contributed by atoms with Crippen LogP contribution in [0.25, 0.3) is 4.96 Å². The number of halogens is 1. The summed E-state index contributed by atoms with van der Waals surface area (Å²) in [6, 6.07) is 6.57. The van der Waals surface area contributed by atoms with E-state index in [0.29, 0.717) is 17.2 Å². The number of fused-ring (bicyclic) bond motifs is 1. The van der Waals surface area contributed by atoms with Crippen LogP contribution in [0.1, 0.15) is 11.3 Å². The average Bonchev–Trinajstić information content (AvgIpc) is 3.07. The summed E-state index contributed by atoms with van der Waals surface area (Å²) < 4.78 is 20.2. The van der Waals surface area contributed by atoms with Gasteiger partial charge in [-0.05, 0) is 24.6 Å². The zero-order valence-electron chi connectivity index (χ0n) is 15.2. The molecule has 0 unspecified atom stereocenters. The van der Waals surface area contributed by atoms with Gasteiger partial charge in [-0.15, -0.1) is 5.10 Å². The second kappa shape index (κ2) is 7.24. The maximum absolute atomic E-state index is 13.9. The number of hydrogen-bond donors (Lipinski definition) is 0. The third-order valence-corrected chi connectivity index (χ3v) is 5.60. The SMILES string of the molecule is COc1ccc(CN2CCN(c3nn4c(=O)cc(C)nc4s3)CC2)cc1F. The smallest absolute Gasteiger partial charge is 0.275 e. The number of anilines is 1. The molecule has 0 spiro atoms. The number of aromatic nitrogens is 3. The third-order valence-electron chi connectivity index (χ3n) is 4.63. The maximum Gasteiger partial charge on any atom is 0.275 e. The van der Waals surface area contributed by atoms with Crippen molar-refractivity contribution < 1.29 is 9.13 Å². The van der Waals surface area contributed by atoms with E-state index in [9.17, 15) is 9.18 Å². The fraction of sp³-hybridized carbons (Fsp3) is 0.389. The van der Waals surface area contributed by atoms with Crippen molar-refractivity contribution in [3.63, 3.8) is 0 Å². The molecular weight excluding hydrogens is 369 g/mol. The summed E-state index contributed by atoms with van der Waals surface area (Å²) >= 11 is 1.43. The van der Waals surface area contributed by atoms with Crippen LogP contribution < -0.4 is 15.2 Å². The summed E-state index contributed by atoms with van der Waals surface area (Å²) in [6.45, 7) is 5.77. The lowest BCUT2D eigenvalue weighted by atomic mass is 10.2. The van der Waals surface area contributed by atoms with Gasteiger partial charge >= 0.3 is 0 Å². The molecule has 1 aromatic carbocycles. The van der Waals surface area contributed by atoms with Crippen LogP contribution in [0.3, 0.4) is 0 Å². The molecule has 142 valence electrons. The number of aryl methyl sites for hydroxylation is 1. The number of benzene rings is 1. The zero-order valence-corrected chi connectivity index (χ0v) is 16.0. The lowest BCUT2D eigenvalue weighted by Gasteiger charge is -2.34. The van der Waals surface area contributed by atoms with E-state index >= 15 is 0 Å². The van der Waals surface area contributed by atoms with Crippen molar-refractivity contribution in [2.45, 2.75) is 13.5 Å². The van der Waals surface area contributed by atoms with Crippen LogP contribution in [0.5, 0.6) is 5.75 Å². The van der Waals surface area contributed by atoms with Gasteiger partial charge in [-0.1, -0.05) is 17.4 Å². The fourth-order valence-electron chi connectivity index (χ4n) is 3.20. The van der Waals surface area contributed by atoms with Crippen molar-refractivity contribution >= 4 is 21.4 Å². The first kappa shape index (κ1) is 17.9. The normalized spacial score (nSPS) is 15.4. The van der Waals surface area contributed by atoms with Gasteiger partial charge in [0.15, 0.2) is 11.6 Å². The zero-order chi connectivity index (χ0) is 19.0. The Kier molecular flexibility index (Phi) is 4.79. The molecule has 1 aliphatic heterocycles. The quantitative estimate of drug-likeness (QED) is 0.680. The molecule has 7 nitrogen and oxygen atoms in total. The Bertz CT molecular complexity index is 1030. The largest absolute Gasteiger partial charge is 0.494 e. The molecule has 3 aromatic rings. The molecule has 3 heterocycles. The molecule has 4 rings (SSSR count). The van der Waals surface area contributed by atoms with Gasteiger partial charge in [-0.3, -0.25) is 9.69 Å². The molecule has 0 bridgehead atoms. The van der Waals surface area contributed by atoms with Crippen molar-refractivity contribution in [1.82, 2.24) is 19.5 Å². The predicted octanol–water partition coefficient (Wildman–Crippen LogP) is 1.93. The van der Waals surface area contributed by atoms with Crippen molar-refractivity contribution in [3.8, 4) is 5.75 Å². The summed E-state index contributed by atoms with van der Waals surface area (Å²) in [4.78, 5) is 21.5. The molecule has 0 saturated carbocycles. The summed E-state index contributed by atoms with van der Waals surface area (Å²) in [7, 11) is 1.46. The minimum Gasteiger partial charge on any atom is -0.494 e. The summed E-state index contributed by atoms with van der Waals surface area (Å²) in [5.41, 5.74) is 1.47. The lowest BCUT2D eigenvalue weighted by Crippen LogP contribution is -2.46. The van der Waals surface area contributed by atoms with Gasteiger partial charge in [0.25, 0.3) is 5.56 Å². The lowest BCUT2D eigenvalue weighted by molar-refractivity contribution is 0.249. The second-order valence-electron chi connectivity index (χ2n) is 6.55. The van der Waals surface area contributed by atoms with Gasteiger partial charge in [0, 0.05) is 44.5 Å². The van der Waals surface area contributed by atoms with E-state index in [1.165, 1.54) is 35.1 Å². The predicted molar refractivity (Wildman–Crippen MR) is 102 cm³/mol. The van der Waals surface area contributed by atoms with Crippen LogP contribution in [-0.4, -0.2) is 52.8 Å². The van der Waals surface area contributed by atoms with E-state index in [1.54, 1.807) is 6.07 Å². The molecule has 0 aliphatic carbocycles. The summed E-state index contributed by atoms with van der Waals surface area (Å²) in [6.07, 6.45) is 0. The topological polar surface area (TPSA) is 63.0 Å². The van der Waals surface area contributed by atoms with Gasteiger partial charge in [0.2, 0.25) is 10.1 Å². The minimum absolute atomic E-state index is 0.153. The van der Waals surface area contributed by atoms with Crippen LogP contribution in [0.15, 0.2) is 29.1 Å². The van der Waals surface area contributed by atoms with Crippen molar-refractivity contribution in [1.29, 1.82) is 0 Å². The van der Waals surface area contributed by atoms with Gasteiger partial charge in [-0.2, -0.15) is 4.52 Å². The van der Waals surface area contributed by atoms with Crippen LogP contribution in [0.4, 0.5) is 9.52 Å².